The summed E-state index contributed by atoms with van der Waals surface area (Å²) in [5.41, 5.74) is 1.56. The predicted molar refractivity (Wildman–Crippen MR) is 123 cm³/mol. The molecule has 3 rings (SSSR count). The van der Waals surface area contributed by atoms with Gasteiger partial charge < -0.3 is 9.80 Å². The quantitative estimate of drug-likeness (QED) is 0.616. The number of amides is 1. The van der Waals surface area contributed by atoms with Gasteiger partial charge in [-0.05, 0) is 42.8 Å². The van der Waals surface area contributed by atoms with E-state index in [0.29, 0.717) is 41.7 Å². The molecule has 0 radical (unpaired) electrons. The summed E-state index contributed by atoms with van der Waals surface area (Å²) < 4.78 is 25.7. The van der Waals surface area contributed by atoms with Gasteiger partial charge in [0.2, 0.25) is 15.9 Å². The maximum absolute atomic E-state index is 12.6. The highest BCUT2D eigenvalue weighted by molar-refractivity contribution is 7.92. The first-order valence-electron chi connectivity index (χ1n) is 9.75. The third-order valence-electron chi connectivity index (χ3n) is 5.05. The predicted octanol–water partition coefficient (Wildman–Crippen LogP) is 3.89. The van der Waals surface area contributed by atoms with Crippen LogP contribution in [0.3, 0.4) is 0 Å². The molecule has 6 nitrogen and oxygen atoms in total. The van der Waals surface area contributed by atoms with E-state index in [4.69, 9.17) is 23.2 Å². The summed E-state index contributed by atoms with van der Waals surface area (Å²) in [6.45, 7) is 2.98. The smallest absolute Gasteiger partial charge is 0.232 e. The van der Waals surface area contributed by atoms with Crippen molar-refractivity contribution in [2.45, 2.75) is 12.8 Å². The fraction of sp³-hybridized carbons (Fsp3) is 0.381. The largest absolute Gasteiger partial charge is 0.368 e. The van der Waals surface area contributed by atoms with Crippen LogP contribution >= 0.6 is 23.2 Å². The van der Waals surface area contributed by atoms with Crippen molar-refractivity contribution in [3.05, 3.63) is 58.6 Å². The van der Waals surface area contributed by atoms with Crippen molar-refractivity contribution in [1.82, 2.24) is 4.90 Å². The van der Waals surface area contributed by atoms with Crippen LogP contribution in [0.2, 0.25) is 10.0 Å². The van der Waals surface area contributed by atoms with E-state index in [9.17, 15) is 13.2 Å². The minimum atomic E-state index is -3.47. The monoisotopic (exact) mass is 469 g/mol. The Bertz CT molecular complexity index is 992. The number of carbonyl (C=O) groups is 1. The van der Waals surface area contributed by atoms with Crippen LogP contribution in [0.5, 0.6) is 0 Å². The summed E-state index contributed by atoms with van der Waals surface area (Å²) in [6, 6.07) is 14.4. The zero-order valence-electron chi connectivity index (χ0n) is 16.8. The van der Waals surface area contributed by atoms with E-state index in [1.807, 2.05) is 29.2 Å². The minimum absolute atomic E-state index is 0.0419. The van der Waals surface area contributed by atoms with Gasteiger partial charge >= 0.3 is 0 Å². The number of halogens is 2. The van der Waals surface area contributed by atoms with Crippen molar-refractivity contribution in [3.8, 4) is 0 Å². The van der Waals surface area contributed by atoms with Gasteiger partial charge in [-0.2, -0.15) is 0 Å². The van der Waals surface area contributed by atoms with Gasteiger partial charge in [0.25, 0.3) is 0 Å². The lowest BCUT2D eigenvalue weighted by Crippen LogP contribution is -2.48. The summed E-state index contributed by atoms with van der Waals surface area (Å²) in [4.78, 5) is 16.7. The highest BCUT2D eigenvalue weighted by Gasteiger charge is 2.22. The highest BCUT2D eigenvalue weighted by atomic mass is 35.5. The summed E-state index contributed by atoms with van der Waals surface area (Å²) >= 11 is 12.1. The minimum Gasteiger partial charge on any atom is -0.368 e. The van der Waals surface area contributed by atoms with Crippen molar-refractivity contribution in [2.24, 2.45) is 0 Å². The van der Waals surface area contributed by atoms with E-state index in [1.54, 1.807) is 24.3 Å². The molecule has 0 aromatic heterocycles. The fourth-order valence-corrected chi connectivity index (χ4v) is 4.86. The molecule has 2 aromatic rings. The van der Waals surface area contributed by atoms with Gasteiger partial charge in [-0.15, -0.1) is 0 Å². The van der Waals surface area contributed by atoms with Crippen LogP contribution in [0.4, 0.5) is 11.4 Å². The van der Waals surface area contributed by atoms with Gasteiger partial charge in [0.1, 0.15) is 0 Å². The summed E-state index contributed by atoms with van der Waals surface area (Å²) in [5.74, 6) is 0.0419. The molecule has 162 valence electrons. The van der Waals surface area contributed by atoms with Gasteiger partial charge in [-0.25, -0.2) is 8.42 Å². The van der Waals surface area contributed by atoms with Crippen LogP contribution in [0.25, 0.3) is 0 Å². The zero-order valence-corrected chi connectivity index (χ0v) is 19.1. The molecular weight excluding hydrogens is 445 g/mol. The van der Waals surface area contributed by atoms with Crippen molar-refractivity contribution in [3.63, 3.8) is 0 Å². The van der Waals surface area contributed by atoms with E-state index in [1.165, 1.54) is 4.31 Å². The number of hydrogen-bond donors (Lipinski definition) is 0. The van der Waals surface area contributed by atoms with Gasteiger partial charge in [0.05, 0.1) is 11.9 Å². The molecule has 0 unspecified atom stereocenters. The van der Waals surface area contributed by atoms with E-state index in [2.05, 4.69) is 4.90 Å². The Hall–Kier alpha value is -1.96. The standard InChI is InChI=1S/C21H25Cl2N3O3S/c1-30(28,29)26(20-8-3-6-18(23)16-20)10-4-9-21(27)25-13-11-24(12-14-25)19-7-2-5-17(22)15-19/h2-3,5-8,15-16H,4,9-14H2,1H3. The van der Waals surface area contributed by atoms with Gasteiger partial charge in [0, 0.05) is 54.9 Å². The molecule has 1 saturated heterocycles. The van der Waals surface area contributed by atoms with Crippen LogP contribution in [-0.4, -0.2) is 58.2 Å². The summed E-state index contributed by atoms with van der Waals surface area (Å²) in [5, 5.41) is 1.16. The SMILES string of the molecule is CS(=O)(=O)N(CCCC(=O)N1CCN(c2cccc(Cl)c2)CC1)c1cccc(Cl)c1. The topological polar surface area (TPSA) is 60.9 Å². The first-order chi connectivity index (χ1) is 14.2. The summed E-state index contributed by atoms with van der Waals surface area (Å²) in [7, 11) is -3.47. The maximum atomic E-state index is 12.6. The maximum Gasteiger partial charge on any atom is 0.232 e. The molecule has 30 heavy (non-hydrogen) atoms. The van der Waals surface area contributed by atoms with Gasteiger partial charge in [-0.1, -0.05) is 35.3 Å². The molecule has 1 amide bonds. The molecule has 0 atom stereocenters. The third kappa shape index (κ3) is 6.03. The number of rotatable bonds is 7. The first-order valence-corrected chi connectivity index (χ1v) is 12.4. The lowest BCUT2D eigenvalue weighted by molar-refractivity contribution is -0.131. The molecular formula is C21H25Cl2N3O3S. The average Bonchev–Trinajstić information content (AvgIpc) is 2.70. The molecule has 1 aliphatic heterocycles. The molecule has 0 spiro atoms. The first kappa shape index (κ1) is 22.7. The van der Waals surface area contributed by atoms with Crippen LogP contribution < -0.4 is 9.21 Å². The van der Waals surface area contributed by atoms with Crippen LogP contribution in [0, 0.1) is 0 Å². The molecule has 0 bridgehead atoms. The lowest BCUT2D eigenvalue weighted by atomic mass is 10.2. The van der Waals surface area contributed by atoms with Crippen molar-refractivity contribution < 1.29 is 13.2 Å². The summed E-state index contributed by atoms with van der Waals surface area (Å²) in [6.07, 6.45) is 1.89. The second kappa shape index (κ2) is 9.90. The molecule has 1 fully saturated rings. The number of sulfonamides is 1. The normalized spacial score (nSPS) is 14.6. The second-order valence-electron chi connectivity index (χ2n) is 7.27. The molecule has 0 aliphatic carbocycles. The Morgan fingerprint density at radius 2 is 1.63 bits per heavy atom. The third-order valence-corrected chi connectivity index (χ3v) is 6.72. The van der Waals surface area contributed by atoms with Crippen LogP contribution in [-0.2, 0) is 14.8 Å². The molecule has 0 N–H and O–H groups in total. The number of nitrogens with zero attached hydrogens (tertiary/aromatic N) is 3. The van der Waals surface area contributed by atoms with Gasteiger partial charge in [-0.3, -0.25) is 9.10 Å². The highest BCUT2D eigenvalue weighted by Crippen LogP contribution is 2.23. The second-order valence-corrected chi connectivity index (χ2v) is 10.0. The molecule has 0 saturated carbocycles. The van der Waals surface area contributed by atoms with E-state index in [0.717, 1.165) is 25.0 Å². The average molecular weight is 470 g/mol. The number of piperazine rings is 1. The number of anilines is 2. The Labute approximate surface area is 188 Å². The van der Waals surface area contributed by atoms with Crippen LogP contribution in [0.15, 0.2) is 48.5 Å². The van der Waals surface area contributed by atoms with Crippen LogP contribution in [0.1, 0.15) is 12.8 Å². The molecule has 2 aromatic carbocycles. The Morgan fingerprint density at radius 3 is 2.23 bits per heavy atom. The van der Waals surface area contributed by atoms with E-state index >= 15 is 0 Å². The molecule has 1 heterocycles. The van der Waals surface area contributed by atoms with Crippen molar-refractivity contribution in [1.29, 1.82) is 0 Å². The van der Waals surface area contributed by atoms with E-state index in [-0.39, 0.29) is 12.5 Å². The van der Waals surface area contributed by atoms with E-state index < -0.39 is 10.0 Å². The zero-order chi connectivity index (χ0) is 21.7. The Kier molecular flexibility index (Phi) is 7.50. The van der Waals surface area contributed by atoms with Gasteiger partial charge in [0.15, 0.2) is 0 Å². The number of hydrogen-bond acceptors (Lipinski definition) is 4. The Balaban J connectivity index is 1.51. The molecule has 1 aliphatic rings. The fourth-order valence-electron chi connectivity index (χ4n) is 3.54. The number of benzene rings is 2. The number of carbonyl (C=O) groups excluding carboxylic acids is 1. The molecule has 9 heteroatoms. The van der Waals surface area contributed by atoms with Crippen molar-refractivity contribution in [2.75, 3.05) is 48.2 Å². The Morgan fingerprint density at radius 1 is 1.00 bits per heavy atom. The van der Waals surface area contributed by atoms with Crippen molar-refractivity contribution >= 4 is 50.5 Å². The lowest BCUT2D eigenvalue weighted by Gasteiger charge is -2.36.